The number of rotatable bonds is 13. The first-order chi connectivity index (χ1) is 11.5. The van der Waals surface area contributed by atoms with Crippen molar-refractivity contribution in [1.29, 1.82) is 0 Å². The molecule has 0 aliphatic heterocycles. The molecule has 3 nitrogen and oxygen atoms in total. The van der Waals surface area contributed by atoms with Gasteiger partial charge in [-0.2, -0.15) is 0 Å². The fraction of sp³-hybridized carbons (Fsp3) is 0.667. The molecule has 0 fully saturated rings. The summed E-state index contributed by atoms with van der Waals surface area (Å²) in [6.07, 6.45) is 23.4. The SMILES string of the molecule is CC/C=C\C/C=C\C/C=C\CCCCCCCC(=O)O.CN(C)C. The highest BCUT2D eigenvalue weighted by Crippen LogP contribution is 2.07. The van der Waals surface area contributed by atoms with Crippen molar-refractivity contribution in [2.75, 3.05) is 21.1 Å². The number of hydrogen-bond acceptors (Lipinski definition) is 2. The molecule has 0 aromatic rings. The van der Waals surface area contributed by atoms with Gasteiger partial charge in [0.2, 0.25) is 0 Å². The molecule has 0 amide bonds. The smallest absolute Gasteiger partial charge is 0.303 e. The number of carboxylic acid groups (broad SMARTS) is 1. The number of allylic oxidation sites excluding steroid dienone is 6. The van der Waals surface area contributed by atoms with Gasteiger partial charge in [0, 0.05) is 6.42 Å². The van der Waals surface area contributed by atoms with Gasteiger partial charge in [-0.05, 0) is 59.7 Å². The number of unbranched alkanes of at least 4 members (excludes halogenated alkanes) is 5. The third kappa shape index (κ3) is 32.6. The Bertz CT molecular complexity index is 341. The van der Waals surface area contributed by atoms with Crippen molar-refractivity contribution < 1.29 is 9.90 Å². The minimum Gasteiger partial charge on any atom is -0.481 e. The summed E-state index contributed by atoms with van der Waals surface area (Å²) in [6.45, 7) is 2.15. The van der Waals surface area contributed by atoms with Gasteiger partial charge in [-0.25, -0.2) is 0 Å². The minimum atomic E-state index is -0.675. The molecule has 0 saturated heterocycles. The van der Waals surface area contributed by atoms with Crippen LogP contribution in [0.25, 0.3) is 0 Å². The number of nitrogens with zero attached hydrogens (tertiary/aromatic N) is 1. The largest absolute Gasteiger partial charge is 0.481 e. The standard InChI is InChI=1S/C18H30O2.C3H9N/c1-2-3-4-5-6-7-8-9-10-11-12-13-14-15-16-17-18(19)20;1-4(2)3/h3-4,6-7,9-10H,2,5,8,11-17H2,1H3,(H,19,20);1-3H3/b4-3-,7-6-,10-9-;. The van der Waals surface area contributed by atoms with Crippen molar-refractivity contribution in [3.05, 3.63) is 36.5 Å². The molecule has 0 aliphatic rings. The van der Waals surface area contributed by atoms with E-state index >= 15 is 0 Å². The predicted molar refractivity (Wildman–Crippen MR) is 107 cm³/mol. The summed E-state index contributed by atoms with van der Waals surface area (Å²) in [5, 5.41) is 8.50. The molecule has 3 heteroatoms. The van der Waals surface area contributed by atoms with Crippen molar-refractivity contribution in [3.63, 3.8) is 0 Å². The van der Waals surface area contributed by atoms with Crippen LogP contribution in [0.15, 0.2) is 36.5 Å². The molecule has 0 radical (unpaired) electrons. The van der Waals surface area contributed by atoms with Gasteiger partial charge in [0.25, 0.3) is 0 Å². The quantitative estimate of drug-likeness (QED) is 0.339. The molecular weight excluding hydrogens is 298 g/mol. The lowest BCUT2D eigenvalue weighted by Gasteiger charge is -1.98. The molecule has 1 N–H and O–H groups in total. The van der Waals surface area contributed by atoms with Gasteiger partial charge in [0.15, 0.2) is 0 Å². The first-order valence-corrected chi connectivity index (χ1v) is 9.28. The first kappa shape index (κ1) is 24.9. The normalized spacial score (nSPS) is 11.5. The molecule has 0 saturated carbocycles. The fourth-order valence-corrected chi connectivity index (χ4v) is 1.90. The van der Waals surface area contributed by atoms with E-state index in [0.29, 0.717) is 6.42 Å². The molecule has 0 aromatic heterocycles. The predicted octanol–water partition coefficient (Wildman–Crippen LogP) is 5.84. The number of aliphatic carboxylic acids is 1. The van der Waals surface area contributed by atoms with Crippen LogP contribution in [-0.2, 0) is 4.79 Å². The molecule has 140 valence electrons. The Balaban J connectivity index is 0. The zero-order chi connectivity index (χ0) is 18.5. The van der Waals surface area contributed by atoms with Crippen LogP contribution in [0.2, 0.25) is 0 Å². The van der Waals surface area contributed by atoms with Gasteiger partial charge < -0.3 is 10.0 Å². The lowest BCUT2D eigenvalue weighted by Crippen LogP contribution is -1.99. The average Bonchev–Trinajstić information content (AvgIpc) is 2.50. The molecule has 0 rings (SSSR count). The third-order valence-electron chi connectivity index (χ3n) is 3.04. The van der Waals surface area contributed by atoms with Crippen molar-refractivity contribution in [2.24, 2.45) is 0 Å². The molecule has 0 atom stereocenters. The topological polar surface area (TPSA) is 40.5 Å². The van der Waals surface area contributed by atoms with Crippen LogP contribution in [0.1, 0.15) is 71.1 Å². The van der Waals surface area contributed by atoms with Crippen LogP contribution < -0.4 is 0 Å². The second-order valence-electron chi connectivity index (χ2n) is 6.34. The van der Waals surface area contributed by atoms with Crippen molar-refractivity contribution >= 4 is 5.97 Å². The fourth-order valence-electron chi connectivity index (χ4n) is 1.90. The highest BCUT2D eigenvalue weighted by Gasteiger charge is 1.95. The summed E-state index contributed by atoms with van der Waals surface area (Å²) in [7, 11) is 6.00. The second-order valence-corrected chi connectivity index (χ2v) is 6.34. The summed E-state index contributed by atoms with van der Waals surface area (Å²) < 4.78 is 0. The summed E-state index contributed by atoms with van der Waals surface area (Å²) in [5.41, 5.74) is 0. The van der Waals surface area contributed by atoms with E-state index in [1.807, 2.05) is 26.0 Å². The second kappa shape index (κ2) is 21.6. The number of carboxylic acids is 1. The Morgan fingerprint density at radius 1 is 0.792 bits per heavy atom. The first-order valence-electron chi connectivity index (χ1n) is 9.28. The van der Waals surface area contributed by atoms with Crippen LogP contribution in [0.4, 0.5) is 0 Å². The third-order valence-corrected chi connectivity index (χ3v) is 3.04. The Morgan fingerprint density at radius 3 is 1.79 bits per heavy atom. The lowest BCUT2D eigenvalue weighted by molar-refractivity contribution is -0.137. The molecule has 24 heavy (non-hydrogen) atoms. The van der Waals surface area contributed by atoms with E-state index < -0.39 is 5.97 Å². The Morgan fingerprint density at radius 2 is 1.25 bits per heavy atom. The maximum atomic E-state index is 10.3. The molecule has 0 bridgehead atoms. The Labute approximate surface area is 150 Å². The summed E-state index contributed by atoms with van der Waals surface area (Å²) in [6, 6.07) is 0. The van der Waals surface area contributed by atoms with Crippen molar-refractivity contribution in [2.45, 2.75) is 71.1 Å². The summed E-state index contributed by atoms with van der Waals surface area (Å²) >= 11 is 0. The van der Waals surface area contributed by atoms with E-state index in [-0.39, 0.29) is 0 Å². The maximum absolute atomic E-state index is 10.3. The van der Waals surface area contributed by atoms with Crippen LogP contribution in [0, 0.1) is 0 Å². The highest BCUT2D eigenvalue weighted by atomic mass is 16.4. The Kier molecular flexibility index (Phi) is 22.5. The van der Waals surface area contributed by atoms with Gasteiger partial charge in [-0.1, -0.05) is 62.6 Å². The van der Waals surface area contributed by atoms with Gasteiger partial charge in [0.1, 0.15) is 0 Å². The summed E-state index contributed by atoms with van der Waals surface area (Å²) in [5.74, 6) is -0.675. The molecular formula is C21H39NO2. The Hall–Kier alpha value is -1.35. The lowest BCUT2D eigenvalue weighted by atomic mass is 10.1. The van der Waals surface area contributed by atoms with Crippen molar-refractivity contribution in [3.8, 4) is 0 Å². The molecule has 0 heterocycles. The summed E-state index contributed by atoms with van der Waals surface area (Å²) in [4.78, 5) is 12.3. The van der Waals surface area contributed by atoms with E-state index in [4.69, 9.17) is 5.11 Å². The van der Waals surface area contributed by atoms with Gasteiger partial charge in [-0.15, -0.1) is 0 Å². The van der Waals surface area contributed by atoms with Crippen LogP contribution >= 0.6 is 0 Å². The highest BCUT2D eigenvalue weighted by molar-refractivity contribution is 5.66. The van der Waals surface area contributed by atoms with E-state index in [1.165, 1.54) is 12.8 Å². The van der Waals surface area contributed by atoms with Crippen LogP contribution in [0.3, 0.4) is 0 Å². The molecule has 0 aliphatic carbocycles. The van der Waals surface area contributed by atoms with Crippen LogP contribution in [-0.4, -0.2) is 37.1 Å². The monoisotopic (exact) mass is 337 g/mol. The van der Waals surface area contributed by atoms with E-state index in [9.17, 15) is 4.79 Å². The van der Waals surface area contributed by atoms with Gasteiger partial charge in [0.05, 0.1) is 0 Å². The zero-order valence-corrected chi connectivity index (χ0v) is 16.3. The molecule has 0 aromatic carbocycles. The molecule has 0 unspecified atom stereocenters. The molecule has 0 spiro atoms. The van der Waals surface area contributed by atoms with E-state index in [1.54, 1.807) is 0 Å². The van der Waals surface area contributed by atoms with E-state index in [2.05, 4.69) is 43.4 Å². The van der Waals surface area contributed by atoms with Crippen molar-refractivity contribution in [1.82, 2.24) is 4.90 Å². The van der Waals surface area contributed by atoms with Gasteiger partial charge in [-0.3, -0.25) is 4.79 Å². The minimum absolute atomic E-state index is 0.319. The van der Waals surface area contributed by atoms with E-state index in [0.717, 1.165) is 44.9 Å². The maximum Gasteiger partial charge on any atom is 0.303 e. The number of hydrogen-bond donors (Lipinski definition) is 1. The zero-order valence-electron chi connectivity index (χ0n) is 16.3. The number of carbonyl (C=O) groups is 1. The van der Waals surface area contributed by atoms with Gasteiger partial charge >= 0.3 is 5.97 Å². The van der Waals surface area contributed by atoms with Crippen LogP contribution in [0.5, 0.6) is 0 Å². The average molecular weight is 338 g/mol.